The summed E-state index contributed by atoms with van der Waals surface area (Å²) in [4.78, 5) is 17.1. The number of aromatic amines is 1. The molecule has 1 saturated carbocycles. The first-order chi connectivity index (χ1) is 9.20. The lowest BCUT2D eigenvalue weighted by Gasteiger charge is -2.34. The predicted octanol–water partition coefficient (Wildman–Crippen LogP) is 2.49. The Morgan fingerprint density at radius 3 is 2.79 bits per heavy atom. The van der Waals surface area contributed by atoms with E-state index in [2.05, 4.69) is 11.1 Å². The van der Waals surface area contributed by atoms with Crippen LogP contribution in [0.3, 0.4) is 0 Å². The van der Waals surface area contributed by atoms with Crippen molar-refractivity contribution >= 4 is 5.91 Å². The number of aromatic nitrogens is 1. The van der Waals surface area contributed by atoms with Crippen molar-refractivity contribution in [2.45, 2.75) is 44.6 Å². The fraction of sp³-hybridized carbons (Fsp3) is 0.600. The monoisotopic (exact) mass is 259 g/mol. The highest BCUT2D eigenvalue weighted by atomic mass is 16.2. The summed E-state index contributed by atoms with van der Waals surface area (Å²) in [5, 5.41) is 8.71. The molecular weight excluding hydrogens is 238 g/mol. The first-order valence-electron chi connectivity index (χ1n) is 6.95. The Kier molecular flexibility index (Phi) is 4.62. The summed E-state index contributed by atoms with van der Waals surface area (Å²) in [5.41, 5.74) is 0.968. The third-order valence-corrected chi connectivity index (χ3v) is 4.14. The molecule has 1 aliphatic carbocycles. The highest BCUT2D eigenvalue weighted by Crippen LogP contribution is 2.29. The summed E-state index contributed by atoms with van der Waals surface area (Å²) in [6.07, 6.45) is 7.14. The Bertz CT molecular complexity index is 438. The average molecular weight is 259 g/mol. The molecule has 0 unspecified atom stereocenters. The molecule has 102 valence electrons. The summed E-state index contributed by atoms with van der Waals surface area (Å²) < 4.78 is 0. The van der Waals surface area contributed by atoms with Crippen molar-refractivity contribution in [1.82, 2.24) is 9.88 Å². The van der Waals surface area contributed by atoms with Gasteiger partial charge in [-0.15, -0.1) is 0 Å². The van der Waals surface area contributed by atoms with Crippen LogP contribution in [0, 0.1) is 17.2 Å². The van der Waals surface area contributed by atoms with E-state index in [1.807, 2.05) is 30.3 Å². The smallest absolute Gasteiger partial charge is 0.228 e. The molecule has 2 rings (SSSR count). The van der Waals surface area contributed by atoms with Crippen molar-refractivity contribution in [1.29, 1.82) is 5.26 Å². The minimum atomic E-state index is 0.172. The molecule has 19 heavy (non-hydrogen) atoms. The van der Waals surface area contributed by atoms with Crippen molar-refractivity contribution in [2.24, 2.45) is 5.92 Å². The summed E-state index contributed by atoms with van der Waals surface area (Å²) in [5.74, 6) is 0.708. The lowest BCUT2D eigenvalue weighted by Crippen LogP contribution is -2.40. The molecule has 0 aromatic carbocycles. The van der Waals surface area contributed by atoms with Crippen LogP contribution in [0.25, 0.3) is 0 Å². The van der Waals surface area contributed by atoms with E-state index in [0.717, 1.165) is 31.4 Å². The first-order valence-corrected chi connectivity index (χ1v) is 6.95. The van der Waals surface area contributed by atoms with Crippen molar-refractivity contribution in [2.75, 3.05) is 7.05 Å². The van der Waals surface area contributed by atoms with Gasteiger partial charge < -0.3 is 9.88 Å². The van der Waals surface area contributed by atoms with Crippen LogP contribution < -0.4 is 0 Å². The summed E-state index contributed by atoms with van der Waals surface area (Å²) in [7, 11) is 1.90. The van der Waals surface area contributed by atoms with Gasteiger partial charge in [-0.3, -0.25) is 4.79 Å². The number of carbonyl (C=O) groups excluding carboxylic acids is 1. The van der Waals surface area contributed by atoms with E-state index in [1.54, 1.807) is 0 Å². The molecule has 1 heterocycles. The van der Waals surface area contributed by atoms with Gasteiger partial charge in [-0.25, -0.2) is 0 Å². The highest BCUT2D eigenvalue weighted by Gasteiger charge is 2.26. The highest BCUT2D eigenvalue weighted by molar-refractivity contribution is 5.78. The van der Waals surface area contributed by atoms with Gasteiger partial charge in [-0.05, 0) is 43.7 Å². The Hall–Kier alpha value is -1.76. The molecule has 0 atom stereocenters. The summed E-state index contributed by atoms with van der Waals surface area (Å²) >= 11 is 0. The molecule has 1 aliphatic rings. The number of nitrogens with zero attached hydrogens (tertiary/aromatic N) is 2. The minimum Gasteiger partial charge on any atom is -0.365 e. The Morgan fingerprint density at radius 2 is 2.21 bits per heavy atom. The Morgan fingerprint density at radius 1 is 1.47 bits per heavy atom. The van der Waals surface area contributed by atoms with Crippen LogP contribution in [0.15, 0.2) is 18.3 Å². The van der Waals surface area contributed by atoms with E-state index in [4.69, 9.17) is 5.26 Å². The number of hydrogen-bond donors (Lipinski definition) is 1. The number of nitrogens with one attached hydrogen (secondary N) is 1. The number of H-pyrrole nitrogens is 1. The number of hydrogen-bond acceptors (Lipinski definition) is 2. The molecule has 0 radical (unpaired) electrons. The number of carbonyl (C=O) groups is 1. The fourth-order valence-electron chi connectivity index (χ4n) is 2.83. The molecule has 1 aromatic rings. The van der Waals surface area contributed by atoms with Gasteiger partial charge in [-0.1, -0.05) is 0 Å². The van der Waals surface area contributed by atoms with E-state index in [0.29, 0.717) is 24.8 Å². The maximum absolute atomic E-state index is 12.2. The summed E-state index contributed by atoms with van der Waals surface area (Å²) in [6.45, 7) is 0. The largest absolute Gasteiger partial charge is 0.365 e. The van der Waals surface area contributed by atoms with Crippen LogP contribution in [-0.2, 0) is 11.2 Å². The second-order valence-corrected chi connectivity index (χ2v) is 5.41. The van der Waals surface area contributed by atoms with Gasteiger partial charge in [0.2, 0.25) is 5.91 Å². The third kappa shape index (κ3) is 3.60. The van der Waals surface area contributed by atoms with Crippen LogP contribution in [-0.4, -0.2) is 28.9 Å². The summed E-state index contributed by atoms with van der Waals surface area (Å²) in [6, 6.07) is 6.45. The zero-order valence-corrected chi connectivity index (χ0v) is 11.4. The normalized spacial score (nSPS) is 22.7. The minimum absolute atomic E-state index is 0.172. The van der Waals surface area contributed by atoms with Crippen LogP contribution in [0.5, 0.6) is 0 Å². The molecule has 0 saturated heterocycles. The molecule has 0 bridgehead atoms. The first kappa shape index (κ1) is 13.7. The maximum Gasteiger partial charge on any atom is 0.228 e. The quantitative estimate of drug-likeness (QED) is 0.903. The second-order valence-electron chi connectivity index (χ2n) is 5.41. The molecule has 1 amide bonds. The number of likely N-dealkylation sites (N-methyl/N-ethyl adjacent to an activating group) is 1. The Balaban J connectivity index is 1.82. The van der Waals surface area contributed by atoms with Crippen molar-refractivity contribution in [3.05, 3.63) is 24.0 Å². The predicted molar refractivity (Wildman–Crippen MR) is 73.2 cm³/mol. The van der Waals surface area contributed by atoms with Gasteiger partial charge in [0.1, 0.15) is 0 Å². The molecule has 0 spiro atoms. The van der Waals surface area contributed by atoms with E-state index in [9.17, 15) is 4.79 Å². The molecular formula is C15H21N3O. The topological polar surface area (TPSA) is 59.9 Å². The van der Waals surface area contributed by atoms with Crippen LogP contribution in [0.4, 0.5) is 0 Å². The number of nitriles is 1. The average Bonchev–Trinajstić information content (AvgIpc) is 2.92. The number of rotatable bonds is 4. The molecule has 4 heteroatoms. The third-order valence-electron chi connectivity index (χ3n) is 4.14. The molecule has 4 nitrogen and oxygen atoms in total. The second kappa shape index (κ2) is 6.42. The zero-order chi connectivity index (χ0) is 13.7. The standard InChI is InChI=1S/C15H21N3O/c1-18(15(19)11-13-3-2-10-17-13)14-6-4-12(5-7-14)8-9-16/h2-3,10,12,14,17H,4-8,11H2,1H3. The van der Waals surface area contributed by atoms with Gasteiger partial charge in [0, 0.05) is 31.4 Å². The molecule has 1 aromatic heterocycles. The van der Waals surface area contributed by atoms with Gasteiger partial charge in [-0.2, -0.15) is 5.26 Å². The van der Waals surface area contributed by atoms with Gasteiger partial charge in [0.05, 0.1) is 12.5 Å². The van der Waals surface area contributed by atoms with Crippen molar-refractivity contribution in [3.8, 4) is 6.07 Å². The van der Waals surface area contributed by atoms with Crippen molar-refractivity contribution < 1.29 is 4.79 Å². The fourth-order valence-corrected chi connectivity index (χ4v) is 2.83. The SMILES string of the molecule is CN(C(=O)Cc1ccc[nH]1)C1CCC(CC#N)CC1. The van der Waals surface area contributed by atoms with E-state index < -0.39 is 0 Å². The van der Waals surface area contributed by atoms with Crippen LogP contribution in [0.1, 0.15) is 37.8 Å². The lowest BCUT2D eigenvalue weighted by atomic mass is 9.84. The maximum atomic E-state index is 12.2. The molecule has 1 N–H and O–H groups in total. The van der Waals surface area contributed by atoms with Crippen LogP contribution >= 0.6 is 0 Å². The van der Waals surface area contributed by atoms with E-state index in [-0.39, 0.29) is 5.91 Å². The number of amides is 1. The lowest BCUT2D eigenvalue weighted by molar-refractivity contribution is -0.132. The molecule has 1 fully saturated rings. The van der Waals surface area contributed by atoms with Gasteiger partial charge in [0.15, 0.2) is 0 Å². The van der Waals surface area contributed by atoms with E-state index >= 15 is 0 Å². The van der Waals surface area contributed by atoms with E-state index in [1.165, 1.54) is 0 Å². The Labute approximate surface area is 114 Å². The zero-order valence-electron chi connectivity index (χ0n) is 11.4. The van der Waals surface area contributed by atoms with Gasteiger partial charge in [0.25, 0.3) is 0 Å². The van der Waals surface area contributed by atoms with Crippen LogP contribution in [0.2, 0.25) is 0 Å². The van der Waals surface area contributed by atoms with Crippen molar-refractivity contribution in [3.63, 3.8) is 0 Å². The van der Waals surface area contributed by atoms with Gasteiger partial charge >= 0.3 is 0 Å². The molecule has 0 aliphatic heterocycles.